The van der Waals surface area contributed by atoms with E-state index in [0.29, 0.717) is 18.3 Å². The van der Waals surface area contributed by atoms with Crippen LogP contribution in [0.15, 0.2) is 24.3 Å². The summed E-state index contributed by atoms with van der Waals surface area (Å²) >= 11 is 0. The summed E-state index contributed by atoms with van der Waals surface area (Å²) in [5.41, 5.74) is -0.674. The first-order chi connectivity index (χ1) is 11.8. The Morgan fingerprint density at radius 1 is 1.36 bits per heavy atom. The highest BCUT2D eigenvalue weighted by molar-refractivity contribution is 5.92. The predicted octanol–water partition coefficient (Wildman–Crippen LogP) is 3.91. The molecule has 0 spiro atoms. The third-order valence-electron chi connectivity index (χ3n) is 4.67. The van der Waals surface area contributed by atoms with Gasteiger partial charge in [0, 0.05) is 6.07 Å². The minimum absolute atomic E-state index is 0.165. The SMILES string of the molecule is CC(C)C1CCC(C)C(OC=O)C1.O=C(O)c1ccccc1[N+](=O)[O-]. The molecule has 138 valence electrons. The number of carboxylic acid groups (broad SMARTS) is 1. The molecular formula is C18H25NO6. The third-order valence-corrected chi connectivity index (χ3v) is 4.67. The molecule has 7 heteroatoms. The van der Waals surface area contributed by atoms with Gasteiger partial charge in [0.1, 0.15) is 11.7 Å². The number of hydrogen-bond acceptors (Lipinski definition) is 5. The Hall–Kier alpha value is -2.44. The van der Waals surface area contributed by atoms with Crippen molar-refractivity contribution in [3.63, 3.8) is 0 Å². The van der Waals surface area contributed by atoms with Crippen molar-refractivity contribution in [2.24, 2.45) is 17.8 Å². The van der Waals surface area contributed by atoms with Gasteiger partial charge in [-0.1, -0.05) is 32.9 Å². The number of nitro groups is 1. The second kappa shape index (κ2) is 9.76. The van der Waals surface area contributed by atoms with E-state index < -0.39 is 10.9 Å². The number of nitrogens with zero attached hydrogens (tertiary/aromatic N) is 1. The summed E-state index contributed by atoms with van der Waals surface area (Å²) in [5.74, 6) is 0.703. The van der Waals surface area contributed by atoms with Crippen LogP contribution in [0.1, 0.15) is 50.4 Å². The molecule has 1 saturated carbocycles. The minimum Gasteiger partial charge on any atom is -0.477 e. The average molecular weight is 351 g/mol. The quantitative estimate of drug-likeness (QED) is 0.489. The van der Waals surface area contributed by atoms with Crippen LogP contribution in [0.3, 0.4) is 0 Å². The van der Waals surface area contributed by atoms with Crippen molar-refractivity contribution < 1.29 is 24.4 Å². The maximum Gasteiger partial charge on any atom is 0.342 e. The van der Waals surface area contributed by atoms with Crippen molar-refractivity contribution in [2.45, 2.75) is 46.1 Å². The van der Waals surface area contributed by atoms with Crippen LogP contribution >= 0.6 is 0 Å². The molecule has 1 N–H and O–H groups in total. The van der Waals surface area contributed by atoms with Gasteiger partial charge >= 0.3 is 5.97 Å². The van der Waals surface area contributed by atoms with Gasteiger partial charge in [-0.2, -0.15) is 0 Å². The van der Waals surface area contributed by atoms with Gasteiger partial charge in [-0.15, -0.1) is 0 Å². The van der Waals surface area contributed by atoms with E-state index in [1.165, 1.54) is 31.0 Å². The van der Waals surface area contributed by atoms with E-state index >= 15 is 0 Å². The molecule has 25 heavy (non-hydrogen) atoms. The van der Waals surface area contributed by atoms with Gasteiger partial charge < -0.3 is 9.84 Å². The molecule has 1 aliphatic carbocycles. The Balaban J connectivity index is 0.000000251. The monoisotopic (exact) mass is 351 g/mol. The lowest BCUT2D eigenvalue weighted by atomic mass is 9.76. The lowest BCUT2D eigenvalue weighted by molar-refractivity contribution is -0.385. The van der Waals surface area contributed by atoms with Gasteiger partial charge in [-0.25, -0.2) is 4.79 Å². The fraction of sp³-hybridized carbons (Fsp3) is 0.556. The standard InChI is InChI=1S/C11H20O2.C7H5NO4/c1-8(2)10-5-4-9(3)11(6-10)13-7-12;9-7(10)5-3-1-2-4-6(5)8(11)12/h7-11H,4-6H2,1-3H3;1-4H,(H,9,10). The molecule has 0 amide bonds. The highest BCUT2D eigenvalue weighted by atomic mass is 16.6. The van der Waals surface area contributed by atoms with Crippen molar-refractivity contribution in [1.82, 2.24) is 0 Å². The van der Waals surface area contributed by atoms with Gasteiger partial charge in [0.05, 0.1) is 4.92 Å². The number of carbonyl (C=O) groups excluding carboxylic acids is 1. The first kappa shape index (κ1) is 20.6. The summed E-state index contributed by atoms with van der Waals surface area (Å²) in [4.78, 5) is 30.2. The molecule has 0 heterocycles. The highest BCUT2D eigenvalue weighted by Crippen LogP contribution is 2.34. The van der Waals surface area contributed by atoms with Crippen LogP contribution in [0.25, 0.3) is 0 Å². The Morgan fingerprint density at radius 3 is 2.48 bits per heavy atom. The van der Waals surface area contributed by atoms with E-state index in [4.69, 9.17) is 9.84 Å². The van der Waals surface area contributed by atoms with Crippen LogP contribution in [-0.2, 0) is 9.53 Å². The van der Waals surface area contributed by atoms with Crippen molar-refractivity contribution in [3.05, 3.63) is 39.9 Å². The van der Waals surface area contributed by atoms with Crippen molar-refractivity contribution in [1.29, 1.82) is 0 Å². The lowest BCUT2D eigenvalue weighted by Crippen LogP contribution is -2.31. The molecule has 1 aromatic rings. The van der Waals surface area contributed by atoms with Crippen LogP contribution in [0.2, 0.25) is 0 Å². The Kier molecular flexibility index (Phi) is 8.04. The fourth-order valence-electron chi connectivity index (χ4n) is 2.99. The zero-order valence-electron chi connectivity index (χ0n) is 14.8. The van der Waals surface area contributed by atoms with E-state index in [0.717, 1.165) is 18.4 Å². The number of carbonyl (C=O) groups is 2. The number of rotatable bonds is 5. The molecular weight excluding hydrogens is 326 g/mol. The van der Waals surface area contributed by atoms with Crippen LogP contribution < -0.4 is 0 Å². The number of carboxylic acids is 1. The highest BCUT2D eigenvalue weighted by Gasteiger charge is 2.30. The summed E-state index contributed by atoms with van der Waals surface area (Å²) in [6.07, 6.45) is 3.70. The molecule has 2 rings (SSSR count). The molecule has 1 aliphatic rings. The van der Waals surface area contributed by atoms with E-state index in [1.54, 1.807) is 0 Å². The summed E-state index contributed by atoms with van der Waals surface area (Å²) in [6.45, 7) is 7.27. The van der Waals surface area contributed by atoms with Gasteiger partial charge in [-0.05, 0) is 43.1 Å². The van der Waals surface area contributed by atoms with Gasteiger partial charge in [0.2, 0.25) is 0 Å². The van der Waals surface area contributed by atoms with Crippen LogP contribution in [0, 0.1) is 27.9 Å². The first-order valence-corrected chi connectivity index (χ1v) is 8.33. The van der Waals surface area contributed by atoms with Crippen LogP contribution in [0.4, 0.5) is 5.69 Å². The Bertz CT molecular complexity index is 568. The molecule has 3 atom stereocenters. The largest absolute Gasteiger partial charge is 0.477 e. The van der Waals surface area contributed by atoms with E-state index in [2.05, 4.69) is 20.8 Å². The zero-order valence-corrected chi connectivity index (χ0v) is 14.8. The van der Waals surface area contributed by atoms with E-state index in [1.807, 2.05) is 0 Å². The van der Waals surface area contributed by atoms with Gasteiger partial charge in [0.25, 0.3) is 12.2 Å². The first-order valence-electron chi connectivity index (χ1n) is 8.33. The topological polar surface area (TPSA) is 107 Å². The Morgan fingerprint density at radius 2 is 2.00 bits per heavy atom. The smallest absolute Gasteiger partial charge is 0.342 e. The molecule has 7 nitrogen and oxygen atoms in total. The number of benzene rings is 1. The number of ether oxygens (including phenoxy) is 1. The van der Waals surface area contributed by atoms with E-state index in [9.17, 15) is 19.7 Å². The molecule has 0 aliphatic heterocycles. The molecule has 0 saturated heterocycles. The third kappa shape index (κ3) is 6.17. The van der Waals surface area contributed by atoms with Crippen molar-refractivity contribution in [2.75, 3.05) is 0 Å². The number of nitro benzene ring substituents is 1. The predicted molar refractivity (Wildman–Crippen MR) is 92.3 cm³/mol. The van der Waals surface area contributed by atoms with Crippen LogP contribution in [0.5, 0.6) is 0 Å². The summed E-state index contributed by atoms with van der Waals surface area (Å²) in [6, 6.07) is 5.21. The minimum atomic E-state index is -1.29. The van der Waals surface area contributed by atoms with Crippen molar-refractivity contribution in [3.8, 4) is 0 Å². The second-order valence-corrected chi connectivity index (χ2v) is 6.64. The summed E-state index contributed by atoms with van der Waals surface area (Å²) in [5, 5.41) is 18.8. The summed E-state index contributed by atoms with van der Waals surface area (Å²) < 4.78 is 5.09. The molecule has 0 radical (unpaired) electrons. The number of hydrogen-bond donors (Lipinski definition) is 1. The Labute approximate surface area is 147 Å². The maximum atomic E-state index is 10.4. The normalized spacial score (nSPS) is 22.5. The molecule has 3 unspecified atom stereocenters. The molecule has 0 bridgehead atoms. The number of aromatic carboxylic acids is 1. The van der Waals surface area contributed by atoms with Gasteiger partial charge in [0.15, 0.2) is 0 Å². The fourth-order valence-corrected chi connectivity index (χ4v) is 2.99. The lowest BCUT2D eigenvalue weighted by Gasteiger charge is -2.34. The maximum absolute atomic E-state index is 10.4. The molecule has 1 fully saturated rings. The average Bonchev–Trinajstić information content (AvgIpc) is 2.57. The summed E-state index contributed by atoms with van der Waals surface area (Å²) in [7, 11) is 0. The van der Waals surface area contributed by atoms with Crippen molar-refractivity contribution >= 4 is 18.1 Å². The van der Waals surface area contributed by atoms with Gasteiger partial charge in [-0.3, -0.25) is 14.9 Å². The second-order valence-electron chi connectivity index (χ2n) is 6.64. The molecule has 0 aromatic heterocycles. The van der Waals surface area contributed by atoms with Crippen LogP contribution in [-0.4, -0.2) is 28.6 Å². The van der Waals surface area contributed by atoms with E-state index in [-0.39, 0.29) is 17.4 Å². The number of para-hydroxylation sites is 1. The molecule has 1 aromatic carbocycles. The zero-order chi connectivity index (χ0) is 19.0.